The predicted octanol–water partition coefficient (Wildman–Crippen LogP) is 3.27. The van der Waals surface area contributed by atoms with Crippen LogP contribution in [0.25, 0.3) is 10.9 Å². The van der Waals surface area contributed by atoms with Gasteiger partial charge in [-0.2, -0.15) is 0 Å². The highest BCUT2D eigenvalue weighted by atomic mass is 35.5. The monoisotopic (exact) mass is 409 g/mol. The van der Waals surface area contributed by atoms with Crippen molar-refractivity contribution in [1.29, 1.82) is 0 Å². The molecule has 2 aromatic carbocycles. The van der Waals surface area contributed by atoms with Crippen LogP contribution in [0.2, 0.25) is 5.02 Å². The Morgan fingerprint density at radius 2 is 1.93 bits per heavy atom. The fourth-order valence-corrected chi connectivity index (χ4v) is 3.27. The largest absolute Gasteiger partial charge is 0.485 e. The zero-order valence-corrected chi connectivity index (χ0v) is 16.4. The van der Waals surface area contributed by atoms with Gasteiger partial charge in [-0.1, -0.05) is 11.6 Å². The summed E-state index contributed by atoms with van der Waals surface area (Å²) in [5.41, 5.74) is 2.10. The molecular weight excluding hydrogens is 390 g/mol. The van der Waals surface area contributed by atoms with E-state index in [1.54, 1.807) is 24.4 Å². The number of aromatic nitrogens is 2. The van der Waals surface area contributed by atoms with E-state index < -0.39 is 0 Å². The summed E-state index contributed by atoms with van der Waals surface area (Å²) in [6, 6.07) is 11.2. The zero-order valence-electron chi connectivity index (χ0n) is 15.6. The fourth-order valence-electron chi connectivity index (χ4n) is 3.07. The number of hydrogen-bond donors (Lipinski definition) is 3. The number of nitrogens with one attached hydrogen (secondary N) is 3. The topological polar surface area (TPSA) is 88.2 Å². The molecule has 2 heterocycles. The fraction of sp³-hybridized carbons (Fsp3) is 0.286. The van der Waals surface area contributed by atoms with Gasteiger partial charge in [0, 0.05) is 42.0 Å². The first-order valence-corrected chi connectivity index (χ1v) is 10.0. The molecule has 0 unspecified atom stereocenters. The summed E-state index contributed by atoms with van der Waals surface area (Å²) < 4.78 is 6.02. The molecule has 5 rings (SSSR count). The molecular formula is C21H20ClN5O2. The molecule has 7 nitrogen and oxygen atoms in total. The van der Waals surface area contributed by atoms with Crippen LogP contribution >= 0.6 is 11.6 Å². The van der Waals surface area contributed by atoms with Crippen LogP contribution in [0.5, 0.6) is 5.75 Å². The molecule has 1 aromatic heterocycles. The Morgan fingerprint density at radius 3 is 2.62 bits per heavy atom. The van der Waals surface area contributed by atoms with Crippen LogP contribution in [0.4, 0.5) is 11.6 Å². The van der Waals surface area contributed by atoms with Crippen LogP contribution in [-0.4, -0.2) is 41.1 Å². The molecule has 2 fully saturated rings. The van der Waals surface area contributed by atoms with Gasteiger partial charge in [0.25, 0.3) is 5.91 Å². The van der Waals surface area contributed by atoms with E-state index >= 15 is 0 Å². The molecule has 0 radical (unpaired) electrons. The third-order valence-corrected chi connectivity index (χ3v) is 5.34. The van der Waals surface area contributed by atoms with Crippen molar-refractivity contribution in [2.75, 3.05) is 18.4 Å². The Labute approximate surface area is 172 Å². The highest BCUT2D eigenvalue weighted by Crippen LogP contribution is 2.31. The predicted molar refractivity (Wildman–Crippen MR) is 112 cm³/mol. The normalized spacial score (nSPS) is 16.3. The number of fused-ring (bicyclic) bond motifs is 1. The standard InChI is InChI=1S/C21H20ClN5O2/c22-17-7-8-18(29-15-9-23-10-15)19-16(17)11-24-21(27-19)26-14-3-1-12(2-4-14)20(28)25-13-5-6-13/h1-4,7-8,11,13,15,23H,5-6,9-10H2,(H,25,28)(H,24,26,27). The van der Waals surface area contributed by atoms with Crippen molar-refractivity contribution in [3.63, 3.8) is 0 Å². The lowest BCUT2D eigenvalue weighted by atomic mass is 10.2. The van der Waals surface area contributed by atoms with Crippen LogP contribution in [0.3, 0.4) is 0 Å². The second-order valence-corrected chi connectivity index (χ2v) is 7.76. The first-order valence-electron chi connectivity index (χ1n) is 9.66. The van der Waals surface area contributed by atoms with Crippen molar-refractivity contribution in [2.24, 2.45) is 0 Å². The third-order valence-electron chi connectivity index (χ3n) is 5.01. The molecule has 0 bridgehead atoms. The van der Waals surface area contributed by atoms with Crippen molar-refractivity contribution in [3.8, 4) is 5.75 Å². The molecule has 29 heavy (non-hydrogen) atoms. The lowest BCUT2D eigenvalue weighted by Crippen LogP contribution is -2.50. The van der Waals surface area contributed by atoms with E-state index in [9.17, 15) is 4.79 Å². The number of carbonyl (C=O) groups excluding carboxylic acids is 1. The zero-order chi connectivity index (χ0) is 19.8. The Bertz CT molecular complexity index is 1060. The van der Waals surface area contributed by atoms with E-state index in [1.165, 1.54) is 0 Å². The Kier molecular flexibility index (Phi) is 4.69. The second-order valence-electron chi connectivity index (χ2n) is 7.35. The SMILES string of the molecule is O=C(NC1CC1)c1ccc(Nc2ncc3c(Cl)ccc(OC4CNC4)c3n2)cc1. The van der Waals surface area contributed by atoms with E-state index in [0.717, 1.165) is 37.0 Å². The van der Waals surface area contributed by atoms with Crippen LogP contribution in [-0.2, 0) is 0 Å². The average molecular weight is 410 g/mol. The summed E-state index contributed by atoms with van der Waals surface area (Å²) in [4.78, 5) is 21.1. The summed E-state index contributed by atoms with van der Waals surface area (Å²) in [6.07, 6.45) is 3.96. The maximum Gasteiger partial charge on any atom is 0.251 e. The smallest absolute Gasteiger partial charge is 0.251 e. The van der Waals surface area contributed by atoms with Crippen molar-refractivity contribution in [2.45, 2.75) is 25.0 Å². The second kappa shape index (κ2) is 7.50. The number of halogens is 1. The lowest BCUT2D eigenvalue weighted by molar-refractivity contribution is 0.0951. The van der Waals surface area contributed by atoms with Gasteiger partial charge in [-0.3, -0.25) is 4.79 Å². The van der Waals surface area contributed by atoms with Gasteiger partial charge in [-0.05, 0) is 49.2 Å². The van der Waals surface area contributed by atoms with E-state index in [1.807, 2.05) is 18.2 Å². The van der Waals surface area contributed by atoms with Crippen molar-refractivity contribution < 1.29 is 9.53 Å². The molecule has 1 saturated carbocycles. The summed E-state index contributed by atoms with van der Waals surface area (Å²) >= 11 is 6.31. The molecule has 1 aliphatic carbocycles. The number of ether oxygens (including phenoxy) is 1. The minimum atomic E-state index is -0.0390. The van der Waals surface area contributed by atoms with Gasteiger partial charge < -0.3 is 20.7 Å². The van der Waals surface area contributed by atoms with Gasteiger partial charge in [0.05, 0.1) is 5.02 Å². The highest BCUT2D eigenvalue weighted by molar-refractivity contribution is 6.35. The van der Waals surface area contributed by atoms with Crippen LogP contribution < -0.4 is 20.7 Å². The molecule has 0 spiro atoms. The van der Waals surface area contributed by atoms with E-state index in [2.05, 4.69) is 25.9 Å². The molecule has 1 saturated heterocycles. The number of nitrogens with zero attached hydrogens (tertiary/aromatic N) is 2. The number of hydrogen-bond acceptors (Lipinski definition) is 6. The van der Waals surface area contributed by atoms with E-state index in [-0.39, 0.29) is 12.0 Å². The molecule has 1 aliphatic heterocycles. The molecule has 0 atom stereocenters. The minimum Gasteiger partial charge on any atom is -0.485 e. The molecule has 3 N–H and O–H groups in total. The maximum atomic E-state index is 12.1. The average Bonchev–Trinajstić information content (AvgIpc) is 3.51. The summed E-state index contributed by atoms with van der Waals surface area (Å²) in [7, 11) is 0. The molecule has 8 heteroatoms. The third kappa shape index (κ3) is 3.97. The van der Waals surface area contributed by atoms with Crippen molar-refractivity contribution in [3.05, 3.63) is 53.2 Å². The first-order chi connectivity index (χ1) is 14.2. The number of rotatable bonds is 6. The number of anilines is 2. The Hall–Kier alpha value is -2.90. The summed E-state index contributed by atoms with van der Waals surface area (Å²) in [6.45, 7) is 1.64. The van der Waals surface area contributed by atoms with E-state index in [4.69, 9.17) is 16.3 Å². The summed E-state index contributed by atoms with van der Waals surface area (Å²) in [5, 5.41) is 10.7. The van der Waals surface area contributed by atoms with Gasteiger partial charge in [0.15, 0.2) is 0 Å². The first kappa shape index (κ1) is 18.1. The molecule has 148 valence electrons. The number of amides is 1. The maximum absolute atomic E-state index is 12.1. The highest BCUT2D eigenvalue weighted by Gasteiger charge is 2.24. The van der Waals surface area contributed by atoms with Gasteiger partial charge in [0.1, 0.15) is 17.4 Å². The van der Waals surface area contributed by atoms with Gasteiger partial charge >= 0.3 is 0 Å². The molecule has 1 amide bonds. The van der Waals surface area contributed by atoms with Crippen LogP contribution in [0, 0.1) is 0 Å². The van der Waals surface area contributed by atoms with Gasteiger partial charge in [0.2, 0.25) is 5.95 Å². The van der Waals surface area contributed by atoms with Crippen molar-refractivity contribution in [1.82, 2.24) is 20.6 Å². The van der Waals surface area contributed by atoms with Gasteiger partial charge in [-0.25, -0.2) is 9.97 Å². The van der Waals surface area contributed by atoms with Crippen molar-refractivity contribution >= 4 is 40.0 Å². The molecule has 3 aromatic rings. The minimum absolute atomic E-state index is 0.0390. The molecule has 2 aliphatic rings. The number of carbonyl (C=O) groups is 1. The quantitative estimate of drug-likeness (QED) is 0.579. The van der Waals surface area contributed by atoms with E-state index in [0.29, 0.717) is 33.8 Å². The van der Waals surface area contributed by atoms with Crippen LogP contribution in [0.15, 0.2) is 42.6 Å². The summed E-state index contributed by atoms with van der Waals surface area (Å²) in [5.74, 6) is 1.09. The lowest BCUT2D eigenvalue weighted by Gasteiger charge is -2.28. The Balaban J connectivity index is 1.36. The number of benzene rings is 2. The van der Waals surface area contributed by atoms with Crippen LogP contribution in [0.1, 0.15) is 23.2 Å². The Morgan fingerprint density at radius 1 is 1.14 bits per heavy atom. The van der Waals surface area contributed by atoms with Gasteiger partial charge in [-0.15, -0.1) is 0 Å².